The zero-order chi connectivity index (χ0) is 11.4. The van der Waals surface area contributed by atoms with Gasteiger partial charge in [0.2, 0.25) is 5.91 Å². The van der Waals surface area contributed by atoms with Crippen LogP contribution in [-0.4, -0.2) is 36.1 Å². The smallest absolute Gasteiger partial charge is 0.308 e. The predicted molar refractivity (Wildman–Crippen MR) is 55.4 cm³/mol. The summed E-state index contributed by atoms with van der Waals surface area (Å²) < 4.78 is 0. The summed E-state index contributed by atoms with van der Waals surface area (Å²) in [6.45, 7) is 4.88. The molecule has 0 spiro atoms. The number of carbonyl (C=O) groups is 2. The number of carboxylic acid groups (broad SMARTS) is 1. The Morgan fingerprint density at radius 3 is 2.60 bits per heavy atom. The largest absolute Gasteiger partial charge is 0.481 e. The van der Waals surface area contributed by atoms with Crippen LogP contribution in [0.5, 0.6) is 0 Å². The molecule has 5 nitrogen and oxygen atoms in total. The zero-order valence-electron chi connectivity index (χ0n) is 9.12. The molecular formula is C10H18N2O3. The average Bonchev–Trinajstić information content (AvgIpc) is 2.68. The highest BCUT2D eigenvalue weighted by Gasteiger charge is 2.26. The summed E-state index contributed by atoms with van der Waals surface area (Å²) in [5.74, 6) is -1.48. The Morgan fingerprint density at radius 1 is 1.47 bits per heavy atom. The molecule has 0 radical (unpaired) electrons. The highest BCUT2D eigenvalue weighted by atomic mass is 16.4. The lowest BCUT2D eigenvalue weighted by molar-refractivity contribution is -0.142. The maximum absolute atomic E-state index is 11.6. The van der Waals surface area contributed by atoms with Crippen molar-refractivity contribution in [1.29, 1.82) is 0 Å². The Labute approximate surface area is 89.2 Å². The lowest BCUT2D eigenvalue weighted by Gasteiger charge is -2.19. The van der Waals surface area contributed by atoms with Crippen LogP contribution in [0.15, 0.2) is 0 Å². The first-order valence-corrected chi connectivity index (χ1v) is 5.26. The third-order valence-corrected chi connectivity index (χ3v) is 2.94. The van der Waals surface area contributed by atoms with Crippen molar-refractivity contribution in [2.45, 2.75) is 26.3 Å². The van der Waals surface area contributed by atoms with E-state index in [4.69, 9.17) is 5.11 Å². The highest BCUT2D eigenvalue weighted by molar-refractivity contribution is 5.80. The number of nitrogens with one attached hydrogen (secondary N) is 2. The Morgan fingerprint density at radius 2 is 2.13 bits per heavy atom. The van der Waals surface area contributed by atoms with Crippen LogP contribution in [-0.2, 0) is 9.59 Å². The number of hydrogen-bond donors (Lipinski definition) is 3. The summed E-state index contributed by atoms with van der Waals surface area (Å²) in [7, 11) is 0. The second-order valence-electron chi connectivity index (χ2n) is 4.11. The maximum Gasteiger partial charge on any atom is 0.308 e. The Hall–Kier alpha value is -1.10. The molecule has 0 aromatic rings. The molecule has 1 fully saturated rings. The molecule has 1 rings (SSSR count). The van der Waals surface area contributed by atoms with Gasteiger partial charge in [-0.3, -0.25) is 9.59 Å². The molecule has 1 amide bonds. The fourth-order valence-electron chi connectivity index (χ4n) is 1.56. The quantitative estimate of drug-likeness (QED) is 0.606. The molecule has 5 heteroatoms. The topological polar surface area (TPSA) is 78.4 Å². The second kappa shape index (κ2) is 5.11. The van der Waals surface area contributed by atoms with E-state index in [1.54, 1.807) is 13.8 Å². The molecule has 1 heterocycles. The van der Waals surface area contributed by atoms with Crippen LogP contribution in [0, 0.1) is 11.8 Å². The fraction of sp³-hybridized carbons (Fsp3) is 0.800. The van der Waals surface area contributed by atoms with Gasteiger partial charge in [-0.05, 0) is 26.8 Å². The standard InChI is InChI=1S/C10H18N2O3/c1-6(10(14)15)7(2)12-9(13)8-3-4-11-5-8/h6-8,11H,3-5H2,1-2H3,(H,12,13)(H,14,15). The van der Waals surface area contributed by atoms with Crippen LogP contribution in [0.25, 0.3) is 0 Å². The Balaban J connectivity index is 2.39. The van der Waals surface area contributed by atoms with Crippen LogP contribution < -0.4 is 10.6 Å². The van der Waals surface area contributed by atoms with Crippen molar-refractivity contribution in [2.75, 3.05) is 13.1 Å². The summed E-state index contributed by atoms with van der Waals surface area (Å²) in [5.41, 5.74) is 0. The number of hydrogen-bond acceptors (Lipinski definition) is 3. The molecule has 0 saturated carbocycles. The summed E-state index contributed by atoms with van der Waals surface area (Å²) in [5, 5.41) is 14.6. The summed E-state index contributed by atoms with van der Waals surface area (Å²) >= 11 is 0. The van der Waals surface area contributed by atoms with E-state index in [1.165, 1.54) is 0 Å². The highest BCUT2D eigenvalue weighted by Crippen LogP contribution is 2.09. The molecule has 1 saturated heterocycles. The lowest BCUT2D eigenvalue weighted by atomic mass is 10.0. The number of rotatable bonds is 4. The van der Waals surface area contributed by atoms with Crippen LogP contribution in [0.4, 0.5) is 0 Å². The lowest BCUT2D eigenvalue weighted by Crippen LogP contribution is -2.43. The molecule has 0 bridgehead atoms. The van der Waals surface area contributed by atoms with E-state index in [0.717, 1.165) is 13.0 Å². The molecule has 3 N–H and O–H groups in total. The average molecular weight is 214 g/mol. The SMILES string of the molecule is CC(NC(=O)C1CCNC1)C(C)C(=O)O. The molecule has 86 valence electrons. The maximum atomic E-state index is 11.6. The number of amides is 1. The van der Waals surface area contributed by atoms with Crippen LogP contribution in [0.1, 0.15) is 20.3 Å². The van der Waals surface area contributed by atoms with Gasteiger partial charge in [-0.1, -0.05) is 0 Å². The molecule has 3 unspecified atom stereocenters. The molecule has 0 aromatic carbocycles. The number of carbonyl (C=O) groups excluding carboxylic acids is 1. The van der Waals surface area contributed by atoms with E-state index < -0.39 is 11.9 Å². The molecular weight excluding hydrogens is 196 g/mol. The minimum absolute atomic E-state index is 0.00607. The first-order valence-electron chi connectivity index (χ1n) is 5.26. The Kier molecular flexibility index (Phi) is 4.08. The van der Waals surface area contributed by atoms with Gasteiger partial charge in [-0.15, -0.1) is 0 Å². The summed E-state index contributed by atoms with van der Waals surface area (Å²) in [6, 6.07) is -0.324. The number of carboxylic acids is 1. The van der Waals surface area contributed by atoms with Gasteiger partial charge in [-0.25, -0.2) is 0 Å². The zero-order valence-corrected chi connectivity index (χ0v) is 9.12. The minimum atomic E-state index is -0.882. The molecule has 15 heavy (non-hydrogen) atoms. The normalized spacial score (nSPS) is 24.5. The van der Waals surface area contributed by atoms with E-state index in [0.29, 0.717) is 6.54 Å². The first kappa shape index (κ1) is 12.0. The molecule has 3 atom stereocenters. The van der Waals surface area contributed by atoms with E-state index in [1.807, 2.05) is 0 Å². The van der Waals surface area contributed by atoms with Gasteiger partial charge in [-0.2, -0.15) is 0 Å². The Bertz CT molecular complexity index is 249. The molecule has 1 aliphatic rings. The van der Waals surface area contributed by atoms with E-state index in [2.05, 4.69) is 10.6 Å². The molecule has 0 aromatic heterocycles. The van der Waals surface area contributed by atoms with Gasteiger partial charge in [0.25, 0.3) is 0 Å². The third kappa shape index (κ3) is 3.20. The van der Waals surface area contributed by atoms with Crippen LogP contribution in [0.3, 0.4) is 0 Å². The third-order valence-electron chi connectivity index (χ3n) is 2.94. The van der Waals surface area contributed by atoms with Crippen LogP contribution >= 0.6 is 0 Å². The molecule has 1 aliphatic heterocycles. The van der Waals surface area contributed by atoms with Crippen molar-refractivity contribution in [3.8, 4) is 0 Å². The van der Waals surface area contributed by atoms with Gasteiger partial charge < -0.3 is 15.7 Å². The van der Waals surface area contributed by atoms with Gasteiger partial charge in [0, 0.05) is 12.6 Å². The van der Waals surface area contributed by atoms with Crippen molar-refractivity contribution >= 4 is 11.9 Å². The molecule has 0 aliphatic carbocycles. The van der Waals surface area contributed by atoms with E-state index in [9.17, 15) is 9.59 Å². The van der Waals surface area contributed by atoms with Crippen molar-refractivity contribution in [1.82, 2.24) is 10.6 Å². The fourth-order valence-corrected chi connectivity index (χ4v) is 1.56. The van der Waals surface area contributed by atoms with Gasteiger partial charge in [0.05, 0.1) is 11.8 Å². The van der Waals surface area contributed by atoms with Crippen LogP contribution in [0.2, 0.25) is 0 Å². The van der Waals surface area contributed by atoms with Crippen molar-refractivity contribution < 1.29 is 14.7 Å². The van der Waals surface area contributed by atoms with E-state index in [-0.39, 0.29) is 17.9 Å². The predicted octanol–water partition coefficient (Wildman–Crippen LogP) is -0.179. The minimum Gasteiger partial charge on any atom is -0.481 e. The second-order valence-corrected chi connectivity index (χ2v) is 4.11. The monoisotopic (exact) mass is 214 g/mol. The summed E-state index contributed by atoms with van der Waals surface area (Å²) in [6.07, 6.45) is 0.833. The van der Waals surface area contributed by atoms with Gasteiger partial charge in [0.1, 0.15) is 0 Å². The first-order chi connectivity index (χ1) is 7.02. The van der Waals surface area contributed by atoms with E-state index >= 15 is 0 Å². The number of aliphatic carboxylic acids is 1. The van der Waals surface area contributed by atoms with Gasteiger partial charge in [0.15, 0.2) is 0 Å². The van der Waals surface area contributed by atoms with Gasteiger partial charge >= 0.3 is 5.97 Å². The summed E-state index contributed by atoms with van der Waals surface area (Å²) in [4.78, 5) is 22.3. The van der Waals surface area contributed by atoms with Crippen molar-refractivity contribution in [2.24, 2.45) is 11.8 Å². The van der Waals surface area contributed by atoms with Crippen molar-refractivity contribution in [3.63, 3.8) is 0 Å². The van der Waals surface area contributed by atoms with Crippen molar-refractivity contribution in [3.05, 3.63) is 0 Å².